The van der Waals surface area contributed by atoms with Gasteiger partial charge in [-0.1, -0.05) is 65.7 Å². The molecule has 5 rings (SSSR count). The average Bonchev–Trinajstić information content (AvgIpc) is 3.04. The molecule has 2 aliphatic rings. The highest BCUT2D eigenvalue weighted by Crippen LogP contribution is 2.42. The lowest BCUT2D eigenvalue weighted by Crippen LogP contribution is -2.40. The number of carboxylic acids is 1. The Bertz CT molecular complexity index is 1390. The van der Waals surface area contributed by atoms with Gasteiger partial charge in [-0.3, -0.25) is 9.29 Å². The number of allylic oxidation sites excluding steroid dienone is 1. The Labute approximate surface area is 226 Å². The van der Waals surface area contributed by atoms with E-state index in [0.29, 0.717) is 22.0 Å². The van der Waals surface area contributed by atoms with Crippen molar-refractivity contribution in [2.24, 2.45) is 0 Å². The minimum Gasteiger partial charge on any atom is -0.478 e. The van der Waals surface area contributed by atoms with E-state index in [2.05, 4.69) is 35.2 Å². The number of hydrogen-bond donors (Lipinski definition) is 1. The molecular weight excluding hydrogens is 508 g/mol. The highest BCUT2D eigenvalue weighted by Gasteiger charge is 2.23. The summed E-state index contributed by atoms with van der Waals surface area (Å²) in [6.45, 7) is 2.33. The maximum atomic E-state index is 12.4. The summed E-state index contributed by atoms with van der Waals surface area (Å²) in [5.41, 5.74) is 9.07. The molecule has 0 aromatic heterocycles. The third-order valence-corrected chi connectivity index (χ3v) is 7.63. The van der Waals surface area contributed by atoms with E-state index in [4.69, 9.17) is 23.2 Å². The summed E-state index contributed by atoms with van der Waals surface area (Å²) in [6, 6.07) is 19.5. The molecule has 0 unspecified atom stereocenters. The van der Waals surface area contributed by atoms with Gasteiger partial charge in [-0.05, 0) is 94.5 Å². The van der Waals surface area contributed by atoms with E-state index in [1.807, 2.05) is 18.2 Å². The second-order valence-corrected chi connectivity index (χ2v) is 10.5. The van der Waals surface area contributed by atoms with Crippen molar-refractivity contribution in [1.29, 1.82) is 0 Å². The lowest BCUT2D eigenvalue weighted by atomic mass is 9.87. The molecular formula is C31H28Cl2FNO2. The molecule has 1 fully saturated rings. The van der Waals surface area contributed by atoms with Gasteiger partial charge in [0.1, 0.15) is 0 Å². The van der Waals surface area contributed by atoms with E-state index in [9.17, 15) is 14.3 Å². The van der Waals surface area contributed by atoms with E-state index in [-0.39, 0.29) is 6.67 Å². The number of likely N-dealkylation sites (tertiary alicyclic amines) is 1. The lowest BCUT2D eigenvalue weighted by Gasteiger charge is -2.33. The first-order valence-corrected chi connectivity index (χ1v) is 13.3. The number of alkyl halides is 1. The van der Waals surface area contributed by atoms with Crippen LogP contribution in [0, 0.1) is 0 Å². The fraction of sp³-hybridized carbons (Fsp3) is 0.258. The fourth-order valence-electron chi connectivity index (χ4n) is 5.30. The predicted molar refractivity (Wildman–Crippen MR) is 150 cm³/mol. The molecule has 0 spiro atoms. The summed E-state index contributed by atoms with van der Waals surface area (Å²) in [5, 5.41) is 10.7. The van der Waals surface area contributed by atoms with Crippen molar-refractivity contribution in [1.82, 2.24) is 4.90 Å². The van der Waals surface area contributed by atoms with Gasteiger partial charge in [0, 0.05) is 29.7 Å². The molecule has 1 heterocycles. The van der Waals surface area contributed by atoms with Gasteiger partial charge in [-0.15, -0.1) is 0 Å². The van der Waals surface area contributed by atoms with Gasteiger partial charge in [-0.2, -0.15) is 0 Å². The van der Waals surface area contributed by atoms with Gasteiger partial charge in [-0.25, -0.2) is 4.79 Å². The molecule has 3 nitrogen and oxygen atoms in total. The molecule has 1 saturated heterocycles. The van der Waals surface area contributed by atoms with E-state index < -0.39 is 5.97 Å². The van der Waals surface area contributed by atoms with Crippen LogP contribution in [-0.2, 0) is 6.42 Å². The summed E-state index contributed by atoms with van der Waals surface area (Å²) >= 11 is 12.9. The highest BCUT2D eigenvalue weighted by atomic mass is 35.5. The van der Waals surface area contributed by atoms with E-state index >= 15 is 0 Å². The van der Waals surface area contributed by atoms with Gasteiger partial charge in [0.2, 0.25) is 0 Å². The zero-order chi connectivity index (χ0) is 25.9. The summed E-state index contributed by atoms with van der Waals surface area (Å²) in [7, 11) is 0. The molecule has 37 heavy (non-hydrogen) atoms. The number of fused-ring (bicyclic) bond motifs is 1. The average molecular weight is 536 g/mol. The number of hydrogen-bond acceptors (Lipinski definition) is 2. The second-order valence-electron chi connectivity index (χ2n) is 9.69. The number of aryl methyl sites for hydroxylation is 1. The van der Waals surface area contributed by atoms with Crippen molar-refractivity contribution in [2.45, 2.75) is 25.7 Å². The monoisotopic (exact) mass is 535 g/mol. The van der Waals surface area contributed by atoms with Crippen LogP contribution in [0.5, 0.6) is 0 Å². The zero-order valence-electron chi connectivity index (χ0n) is 20.4. The zero-order valence-corrected chi connectivity index (χ0v) is 22.0. The first kappa shape index (κ1) is 25.7. The number of carbonyl (C=O) groups is 1. The summed E-state index contributed by atoms with van der Waals surface area (Å²) in [6.07, 6.45) is 5.29. The second kappa shape index (κ2) is 11.2. The van der Waals surface area contributed by atoms with E-state index in [1.165, 1.54) is 5.57 Å². The third-order valence-electron chi connectivity index (χ3n) is 7.08. The molecule has 0 atom stereocenters. The van der Waals surface area contributed by atoms with Crippen molar-refractivity contribution in [3.05, 3.63) is 110 Å². The van der Waals surface area contributed by atoms with Crippen LogP contribution < -0.4 is 0 Å². The minimum atomic E-state index is -0.921. The van der Waals surface area contributed by atoms with Crippen LogP contribution in [-0.4, -0.2) is 42.3 Å². The molecule has 3 aromatic carbocycles. The number of carboxylic acid groups (broad SMARTS) is 1. The Morgan fingerprint density at radius 2 is 1.73 bits per heavy atom. The van der Waals surface area contributed by atoms with Crippen LogP contribution in [0.1, 0.15) is 57.4 Å². The van der Waals surface area contributed by atoms with Crippen LogP contribution in [0.3, 0.4) is 0 Å². The van der Waals surface area contributed by atoms with Crippen LogP contribution in [0.2, 0.25) is 10.0 Å². The number of aromatic carboxylic acids is 1. The number of benzene rings is 3. The molecule has 1 aliphatic heterocycles. The van der Waals surface area contributed by atoms with Crippen molar-refractivity contribution >= 4 is 46.4 Å². The molecule has 0 radical (unpaired) electrons. The van der Waals surface area contributed by atoms with Crippen LogP contribution in [0.15, 0.2) is 66.2 Å². The van der Waals surface area contributed by atoms with Crippen molar-refractivity contribution in [3.63, 3.8) is 0 Å². The minimum absolute atomic E-state index is 0.267. The summed E-state index contributed by atoms with van der Waals surface area (Å²) < 4.78 is 12.4. The molecule has 190 valence electrons. The highest BCUT2D eigenvalue weighted by molar-refractivity contribution is 6.36. The Kier molecular flexibility index (Phi) is 7.80. The fourth-order valence-corrected chi connectivity index (χ4v) is 5.82. The van der Waals surface area contributed by atoms with Crippen LogP contribution in [0.25, 0.3) is 17.2 Å². The molecule has 1 aliphatic carbocycles. The lowest BCUT2D eigenvalue weighted by molar-refractivity contribution is 0.0696. The van der Waals surface area contributed by atoms with Crippen LogP contribution >= 0.6 is 23.2 Å². The summed E-state index contributed by atoms with van der Waals surface area (Å²) in [4.78, 5) is 13.9. The molecule has 1 N–H and O–H groups in total. The van der Waals surface area contributed by atoms with Crippen molar-refractivity contribution < 1.29 is 14.3 Å². The molecule has 0 bridgehead atoms. The first-order chi connectivity index (χ1) is 17.9. The van der Waals surface area contributed by atoms with E-state index in [0.717, 1.165) is 77.9 Å². The van der Waals surface area contributed by atoms with Gasteiger partial charge < -0.3 is 5.11 Å². The van der Waals surface area contributed by atoms with Gasteiger partial charge in [0.25, 0.3) is 0 Å². The van der Waals surface area contributed by atoms with Crippen molar-refractivity contribution in [3.8, 4) is 0 Å². The van der Waals surface area contributed by atoms with Crippen LogP contribution in [0.4, 0.5) is 4.39 Å². The topological polar surface area (TPSA) is 40.5 Å². The van der Waals surface area contributed by atoms with Gasteiger partial charge in [0.05, 0.1) is 12.2 Å². The predicted octanol–water partition coefficient (Wildman–Crippen LogP) is 8.05. The number of rotatable bonds is 7. The third kappa shape index (κ3) is 5.67. The van der Waals surface area contributed by atoms with Gasteiger partial charge >= 0.3 is 5.97 Å². The first-order valence-electron chi connectivity index (χ1n) is 12.6. The Balaban J connectivity index is 1.55. The Hall–Kier alpha value is -2.92. The Morgan fingerprint density at radius 1 is 0.973 bits per heavy atom. The SMILES string of the molecule is O=C(O)c1ccc2c(c1)CCCC(c1ccc(Cl)cc1Cl)=C2c1ccc(C=C2CN(CCCF)C2)cc1. The number of halogens is 3. The summed E-state index contributed by atoms with van der Waals surface area (Å²) in [5.74, 6) is -0.921. The van der Waals surface area contributed by atoms with Gasteiger partial charge in [0.15, 0.2) is 0 Å². The molecule has 6 heteroatoms. The Morgan fingerprint density at radius 3 is 2.43 bits per heavy atom. The molecule has 0 saturated carbocycles. The van der Waals surface area contributed by atoms with Crippen molar-refractivity contribution in [2.75, 3.05) is 26.3 Å². The molecule has 0 amide bonds. The quantitative estimate of drug-likeness (QED) is 0.332. The largest absolute Gasteiger partial charge is 0.478 e. The van der Waals surface area contributed by atoms with E-state index in [1.54, 1.807) is 18.2 Å². The smallest absolute Gasteiger partial charge is 0.335 e. The standard InChI is InChI=1S/C31H28Cl2FNO2/c32-25-10-12-27(29(33)17-25)28-4-1-3-23-16-24(31(36)37)9-11-26(23)30(28)22-7-5-20(6-8-22)15-21-18-35(19-21)14-2-13-34/h5-12,15-17H,1-4,13-14,18-19H2,(H,36,37). The number of nitrogens with zero attached hydrogens (tertiary/aromatic N) is 1. The maximum absolute atomic E-state index is 12.4. The molecule has 3 aromatic rings. The normalized spacial score (nSPS) is 15.7. The maximum Gasteiger partial charge on any atom is 0.335 e.